The molecular weight excluding hydrogens is 1260 g/mol. The Kier molecular flexibility index (Phi) is 29.6. The van der Waals surface area contributed by atoms with Crippen LogP contribution in [0.15, 0.2) is 5.16 Å². The summed E-state index contributed by atoms with van der Waals surface area (Å²) in [5.74, 6) is 0. The number of hydrogen-bond donors (Lipinski definition) is 0. The molecule has 29 heteroatoms. The summed E-state index contributed by atoms with van der Waals surface area (Å²) < 4.78 is 115. The molecule has 0 bridgehead atoms. The molecule has 17 nitrogen and oxygen atoms in total. The van der Waals surface area contributed by atoms with Gasteiger partial charge in [-0.15, -0.1) is 5.16 Å². The number of rotatable bonds is 35. The van der Waals surface area contributed by atoms with Crippen molar-refractivity contribution in [2.75, 3.05) is 19.8 Å². The van der Waals surface area contributed by atoms with Crippen LogP contribution in [0.25, 0.3) is 0 Å². The summed E-state index contributed by atoms with van der Waals surface area (Å²) in [5, 5.41) is 4.63. The first-order valence-electron chi connectivity index (χ1n) is 30.8. The van der Waals surface area contributed by atoms with Gasteiger partial charge in [0.25, 0.3) is 8.32 Å². The van der Waals surface area contributed by atoms with Crippen molar-refractivity contribution in [2.24, 2.45) is 5.16 Å². The standard InChI is InChI=1S/C54H129NO16Si12/c1-72(2,3)58-40-43-47(65-77(16,17)18)50(68-80(25,26)27)52(70-82(31,32)33)53(60-43)56-38-42-46(64-76(13,14)15)49(67-79(22,23)24)51(69-81(28,29)30)54(59-42)57-39-44(62-74(7,8)9)48(66-78(19,20)21)45(63-75(10,11)12)41(61-73(4,5)6)37-55-71-83(34,35)36/h37,41-54H,38-40H2,1-36H3/b55-37+/t41-,42+,43+,44+,45+,46+,47+,48-,49-,50-,51+,52+,53-,54-/m1/s1. The van der Waals surface area contributed by atoms with Crippen molar-refractivity contribution in [3.05, 3.63) is 0 Å². The van der Waals surface area contributed by atoms with Crippen molar-refractivity contribution in [1.29, 1.82) is 0 Å². The van der Waals surface area contributed by atoms with Gasteiger partial charge >= 0.3 is 0 Å². The molecule has 0 radical (unpaired) electrons. The normalized spacial score (nSPS) is 27.2. The molecule has 494 valence electrons. The Labute approximate surface area is 521 Å². The molecule has 0 spiro atoms. The molecule has 0 aromatic heterocycles. The van der Waals surface area contributed by atoms with Crippen molar-refractivity contribution < 1.29 is 72.2 Å². The highest BCUT2D eigenvalue weighted by molar-refractivity contribution is 6.73. The van der Waals surface area contributed by atoms with Gasteiger partial charge < -0.3 is 72.2 Å². The third-order valence-corrected chi connectivity index (χ3v) is 22.7. The van der Waals surface area contributed by atoms with Crippen LogP contribution in [0.4, 0.5) is 0 Å². The van der Waals surface area contributed by atoms with Crippen LogP contribution in [0.2, 0.25) is 236 Å². The summed E-state index contributed by atoms with van der Waals surface area (Å²) in [6.45, 7) is 79.4. The van der Waals surface area contributed by atoms with Crippen molar-refractivity contribution in [3.63, 3.8) is 0 Å². The molecule has 0 aromatic carbocycles. The van der Waals surface area contributed by atoms with E-state index in [4.69, 9.17) is 72.2 Å². The average Bonchev–Trinajstić information content (AvgIpc) is 3.17. The highest BCUT2D eigenvalue weighted by atomic mass is 28.4. The lowest BCUT2D eigenvalue weighted by atomic mass is 9.98. The summed E-state index contributed by atoms with van der Waals surface area (Å²) in [6, 6.07) is 0. The maximum absolute atomic E-state index is 7.47. The Balaban J connectivity index is 3.11. The molecule has 2 rings (SSSR count). The molecule has 2 aliphatic heterocycles. The summed E-state index contributed by atoms with van der Waals surface area (Å²) in [6.07, 6.45) is -7.31. The predicted octanol–water partition coefficient (Wildman–Crippen LogP) is 14.4. The average molecular weight is 1390 g/mol. The van der Waals surface area contributed by atoms with Crippen molar-refractivity contribution >= 4 is 106 Å². The molecule has 14 atom stereocenters. The molecule has 0 aliphatic carbocycles. The fourth-order valence-corrected chi connectivity index (χ4v) is 21.1. The maximum Gasteiger partial charge on any atom is 0.278 e. The summed E-state index contributed by atoms with van der Waals surface area (Å²) in [7, 11) is -27.3. The van der Waals surface area contributed by atoms with Crippen LogP contribution < -0.4 is 0 Å². The van der Waals surface area contributed by atoms with Gasteiger partial charge in [0, 0.05) is 0 Å². The SMILES string of the molecule is C[Si](C)(C)OC[C@@H]1O[C@@H](OC[C@@H]2O[C@@H](OC[C@H](O[Si](C)(C)C)[C@@H](O[Si](C)(C)C)[C@@H](O[Si](C)(C)C)[C@@H](/C=N/O[Si](C)(C)C)O[Si](C)(C)C)[C@@H](O[Si](C)(C)C)[C@H](O[Si](C)(C)C)[C@H]2O[Si](C)(C)C)[C@@H](O[Si](C)(C)C)[C@H](O[Si](C)(C)C)[C@H]1O[Si](C)(C)C. The number of hydrogen-bond acceptors (Lipinski definition) is 17. The number of ether oxygens (including phenoxy) is 4. The third kappa shape index (κ3) is 34.6. The Morgan fingerprint density at radius 1 is 0.325 bits per heavy atom. The first-order valence-corrected chi connectivity index (χ1v) is 71.7. The largest absolute Gasteiger partial charge is 0.456 e. The molecule has 2 saturated heterocycles. The van der Waals surface area contributed by atoms with Crippen LogP contribution in [0.3, 0.4) is 0 Å². The topological polar surface area (TPSA) is 160 Å². The van der Waals surface area contributed by atoms with E-state index in [0.29, 0.717) is 6.61 Å². The minimum absolute atomic E-state index is 0.0497. The molecule has 0 saturated carbocycles. The van der Waals surface area contributed by atoms with Gasteiger partial charge in [-0.05, 0) is 236 Å². The van der Waals surface area contributed by atoms with Crippen molar-refractivity contribution in [2.45, 2.75) is 322 Å². The molecule has 0 amide bonds. The fourth-order valence-electron chi connectivity index (χ4n) is 9.24. The molecule has 2 fully saturated rings. The van der Waals surface area contributed by atoms with Crippen LogP contribution in [0.5, 0.6) is 0 Å². The lowest BCUT2D eigenvalue weighted by molar-refractivity contribution is -0.324. The highest BCUT2D eigenvalue weighted by Crippen LogP contribution is 2.39. The van der Waals surface area contributed by atoms with Gasteiger partial charge in [-0.2, -0.15) is 0 Å². The summed E-state index contributed by atoms with van der Waals surface area (Å²) in [5.41, 5.74) is 0. The van der Waals surface area contributed by atoms with Gasteiger partial charge in [-0.3, -0.25) is 0 Å². The highest BCUT2D eigenvalue weighted by Gasteiger charge is 2.56. The van der Waals surface area contributed by atoms with Crippen LogP contribution in [-0.2, 0) is 72.2 Å². The van der Waals surface area contributed by atoms with Gasteiger partial charge in [0.2, 0.25) is 0 Å². The first-order chi connectivity index (χ1) is 36.6. The lowest BCUT2D eigenvalue weighted by Crippen LogP contribution is -2.68. The molecule has 2 aliphatic rings. The van der Waals surface area contributed by atoms with Crippen molar-refractivity contribution in [3.8, 4) is 0 Å². The molecule has 0 unspecified atom stereocenters. The Morgan fingerprint density at radius 2 is 0.651 bits per heavy atom. The van der Waals surface area contributed by atoms with Gasteiger partial charge in [-0.1, -0.05) is 0 Å². The minimum Gasteiger partial charge on any atom is -0.456 e. The zero-order valence-corrected chi connectivity index (χ0v) is 71.8. The van der Waals surface area contributed by atoms with Crippen LogP contribution in [0, 0.1) is 0 Å². The Hall–Kier alpha value is 1.47. The number of nitrogens with zero attached hydrogens (tertiary/aromatic N) is 1. The summed E-state index contributed by atoms with van der Waals surface area (Å²) >= 11 is 0. The second-order valence-corrected chi connectivity index (χ2v) is 88.2. The second kappa shape index (κ2) is 30.5. The van der Waals surface area contributed by atoms with Gasteiger partial charge in [0.1, 0.15) is 61.0 Å². The molecule has 2 heterocycles. The maximum atomic E-state index is 7.47. The van der Waals surface area contributed by atoms with E-state index in [0.717, 1.165) is 0 Å². The van der Waals surface area contributed by atoms with Gasteiger partial charge in [-0.25, -0.2) is 0 Å². The van der Waals surface area contributed by atoms with Gasteiger partial charge in [0.05, 0.1) is 38.2 Å². The van der Waals surface area contributed by atoms with E-state index >= 15 is 0 Å². The lowest BCUT2D eigenvalue weighted by Gasteiger charge is -2.52. The zero-order valence-electron chi connectivity index (χ0n) is 59.8. The van der Waals surface area contributed by atoms with Crippen LogP contribution in [-0.4, -0.2) is 212 Å². The quantitative estimate of drug-likeness (QED) is 0.0335. The van der Waals surface area contributed by atoms with E-state index < -0.39 is 186 Å². The van der Waals surface area contributed by atoms with E-state index in [-0.39, 0.29) is 13.2 Å². The first kappa shape index (κ1) is 80.6. The van der Waals surface area contributed by atoms with Crippen LogP contribution in [0.1, 0.15) is 0 Å². The van der Waals surface area contributed by atoms with Crippen LogP contribution >= 0.6 is 0 Å². The molecule has 0 N–H and O–H groups in total. The van der Waals surface area contributed by atoms with E-state index in [1.54, 1.807) is 6.21 Å². The monoisotopic (exact) mass is 1380 g/mol. The second-order valence-electron chi connectivity index (χ2n) is 34.7. The number of oxime groups is 1. The smallest absolute Gasteiger partial charge is 0.278 e. The van der Waals surface area contributed by atoms with Crippen molar-refractivity contribution in [1.82, 2.24) is 0 Å². The minimum atomic E-state index is -2.39. The van der Waals surface area contributed by atoms with E-state index in [1.807, 2.05) is 0 Å². The van der Waals surface area contributed by atoms with E-state index in [1.165, 1.54) is 0 Å². The van der Waals surface area contributed by atoms with E-state index in [2.05, 4.69) is 241 Å². The molecule has 83 heavy (non-hydrogen) atoms. The predicted molar refractivity (Wildman–Crippen MR) is 374 cm³/mol. The Morgan fingerprint density at radius 3 is 0.988 bits per heavy atom. The summed E-state index contributed by atoms with van der Waals surface area (Å²) in [4.78, 5) is 0. The third-order valence-electron chi connectivity index (χ3n) is 11.2. The molecule has 0 aromatic rings. The fraction of sp³-hybridized carbons (Fsp3) is 0.981. The molecular formula is C54H129NO16Si12. The van der Waals surface area contributed by atoms with E-state index in [9.17, 15) is 0 Å². The van der Waals surface area contributed by atoms with Gasteiger partial charge in [0.15, 0.2) is 104 Å². The Bertz CT molecular complexity index is 1960. The zero-order chi connectivity index (χ0) is 64.9.